The average molecular weight is 148 g/mol. The van der Waals surface area contributed by atoms with Gasteiger partial charge in [-0.15, -0.1) is 0 Å². The Hall–Kier alpha value is -1.02. The molecule has 2 rings (SSSR count). The number of hydrogen-bond acceptors (Lipinski definition) is 1. The summed E-state index contributed by atoms with van der Waals surface area (Å²) in [6.45, 7) is 2.11. The van der Waals surface area contributed by atoms with Gasteiger partial charge < -0.3 is 10.3 Å². The van der Waals surface area contributed by atoms with Crippen molar-refractivity contribution in [2.24, 2.45) is 0 Å². The maximum Gasteiger partial charge on any atom is 0.0410 e. The molecule has 2 heterocycles. The van der Waals surface area contributed by atoms with E-state index in [0.29, 0.717) is 0 Å². The topological polar surface area (TPSA) is 27.8 Å². The average Bonchev–Trinajstić information content (AvgIpc) is 2.58. The third-order valence-corrected chi connectivity index (χ3v) is 2.01. The van der Waals surface area contributed by atoms with E-state index in [-0.39, 0.29) is 0 Å². The first-order chi connectivity index (χ1) is 5.47. The summed E-state index contributed by atoms with van der Waals surface area (Å²) in [5.74, 6) is 0. The van der Waals surface area contributed by atoms with Crippen molar-refractivity contribution >= 4 is 5.57 Å². The van der Waals surface area contributed by atoms with Gasteiger partial charge in [0.25, 0.3) is 0 Å². The van der Waals surface area contributed by atoms with Crippen LogP contribution in [-0.2, 0) is 0 Å². The molecule has 0 fully saturated rings. The Labute approximate surface area is 66.3 Å². The molecule has 0 aromatic carbocycles. The molecule has 2 heteroatoms. The molecule has 0 aliphatic carbocycles. The lowest BCUT2D eigenvalue weighted by Gasteiger charge is -2.12. The zero-order valence-electron chi connectivity index (χ0n) is 6.43. The maximum absolute atomic E-state index is 3.29. The van der Waals surface area contributed by atoms with Crippen molar-refractivity contribution in [1.29, 1.82) is 0 Å². The van der Waals surface area contributed by atoms with E-state index < -0.39 is 0 Å². The van der Waals surface area contributed by atoms with E-state index in [9.17, 15) is 0 Å². The first kappa shape index (κ1) is 6.68. The molecule has 1 aliphatic heterocycles. The second-order valence-electron chi connectivity index (χ2n) is 2.77. The summed E-state index contributed by atoms with van der Waals surface area (Å²) >= 11 is 0. The van der Waals surface area contributed by atoms with Gasteiger partial charge in [-0.3, -0.25) is 0 Å². The molecule has 0 saturated carbocycles. The molecular formula is C9H12N2. The molecule has 0 radical (unpaired) electrons. The Bertz CT molecular complexity index is 247. The highest BCUT2D eigenvalue weighted by molar-refractivity contribution is 5.63. The van der Waals surface area contributed by atoms with Crippen molar-refractivity contribution in [2.75, 3.05) is 13.1 Å². The fourth-order valence-electron chi connectivity index (χ4n) is 1.40. The minimum atomic E-state index is 1.01. The molecule has 58 valence electrons. The number of nitrogens with one attached hydrogen (secondary N) is 2. The van der Waals surface area contributed by atoms with Crippen LogP contribution in [0.4, 0.5) is 0 Å². The minimum Gasteiger partial charge on any atom is -0.361 e. The van der Waals surface area contributed by atoms with Crippen LogP contribution < -0.4 is 5.32 Å². The van der Waals surface area contributed by atoms with E-state index in [4.69, 9.17) is 0 Å². The SMILES string of the molecule is C1=C(c2ccc[nH]2)CCNC1. The third kappa shape index (κ3) is 1.35. The summed E-state index contributed by atoms with van der Waals surface area (Å²) in [5.41, 5.74) is 2.71. The van der Waals surface area contributed by atoms with E-state index in [0.717, 1.165) is 19.5 Å². The van der Waals surface area contributed by atoms with Crippen molar-refractivity contribution in [2.45, 2.75) is 6.42 Å². The summed E-state index contributed by atoms with van der Waals surface area (Å²) in [5, 5.41) is 3.29. The number of H-pyrrole nitrogens is 1. The first-order valence-electron chi connectivity index (χ1n) is 4.00. The summed E-state index contributed by atoms with van der Waals surface area (Å²) in [4.78, 5) is 3.21. The third-order valence-electron chi connectivity index (χ3n) is 2.01. The zero-order valence-corrected chi connectivity index (χ0v) is 6.43. The molecular weight excluding hydrogens is 136 g/mol. The quantitative estimate of drug-likeness (QED) is 0.619. The van der Waals surface area contributed by atoms with Crippen molar-refractivity contribution in [3.8, 4) is 0 Å². The Balaban J connectivity index is 2.22. The van der Waals surface area contributed by atoms with Crippen LogP contribution in [0.25, 0.3) is 5.57 Å². The molecule has 0 bridgehead atoms. The normalized spacial score (nSPS) is 18.0. The second kappa shape index (κ2) is 2.93. The molecule has 0 unspecified atom stereocenters. The molecule has 0 saturated heterocycles. The van der Waals surface area contributed by atoms with E-state index in [1.54, 1.807) is 0 Å². The highest BCUT2D eigenvalue weighted by Gasteiger charge is 2.04. The van der Waals surface area contributed by atoms with Gasteiger partial charge in [0.05, 0.1) is 0 Å². The first-order valence-corrected chi connectivity index (χ1v) is 4.00. The maximum atomic E-state index is 3.29. The Morgan fingerprint density at radius 3 is 3.00 bits per heavy atom. The summed E-state index contributed by atoms with van der Waals surface area (Å²) < 4.78 is 0. The molecule has 1 aliphatic rings. The van der Waals surface area contributed by atoms with Gasteiger partial charge >= 0.3 is 0 Å². The van der Waals surface area contributed by atoms with E-state index in [2.05, 4.69) is 22.4 Å². The number of hydrogen-bond donors (Lipinski definition) is 2. The van der Waals surface area contributed by atoms with Crippen molar-refractivity contribution < 1.29 is 0 Å². The fourth-order valence-corrected chi connectivity index (χ4v) is 1.40. The minimum absolute atomic E-state index is 1.01. The lowest BCUT2D eigenvalue weighted by Crippen LogP contribution is -2.20. The standard InChI is InChI=1S/C9H12N2/c1-2-9(11-5-1)8-3-6-10-7-4-8/h1-3,5,10-11H,4,6-7H2. The molecule has 0 atom stereocenters. The van der Waals surface area contributed by atoms with Crippen LogP contribution in [0.5, 0.6) is 0 Å². The molecule has 2 nitrogen and oxygen atoms in total. The van der Waals surface area contributed by atoms with E-state index >= 15 is 0 Å². The second-order valence-corrected chi connectivity index (χ2v) is 2.77. The number of rotatable bonds is 1. The van der Waals surface area contributed by atoms with Gasteiger partial charge in [-0.1, -0.05) is 6.08 Å². The molecule has 11 heavy (non-hydrogen) atoms. The van der Waals surface area contributed by atoms with Gasteiger partial charge in [-0.25, -0.2) is 0 Å². The van der Waals surface area contributed by atoms with Crippen molar-refractivity contribution in [3.05, 3.63) is 30.1 Å². The molecule has 1 aromatic heterocycles. The zero-order chi connectivity index (χ0) is 7.52. The van der Waals surface area contributed by atoms with Crippen molar-refractivity contribution in [3.63, 3.8) is 0 Å². The van der Waals surface area contributed by atoms with Gasteiger partial charge in [0.1, 0.15) is 0 Å². The summed E-state index contributed by atoms with van der Waals surface area (Å²) in [6, 6.07) is 4.16. The summed E-state index contributed by atoms with van der Waals surface area (Å²) in [7, 11) is 0. The van der Waals surface area contributed by atoms with Gasteiger partial charge in [0.15, 0.2) is 0 Å². The van der Waals surface area contributed by atoms with Crippen LogP contribution >= 0.6 is 0 Å². The lowest BCUT2D eigenvalue weighted by atomic mass is 10.1. The van der Waals surface area contributed by atoms with Crippen LogP contribution in [-0.4, -0.2) is 18.1 Å². The summed E-state index contributed by atoms with van der Waals surface area (Å²) in [6.07, 6.45) is 5.36. The van der Waals surface area contributed by atoms with Crippen LogP contribution in [0.2, 0.25) is 0 Å². The Kier molecular flexibility index (Phi) is 1.78. The Morgan fingerprint density at radius 2 is 2.36 bits per heavy atom. The molecule has 2 N–H and O–H groups in total. The number of aromatic nitrogens is 1. The van der Waals surface area contributed by atoms with Gasteiger partial charge in [-0.2, -0.15) is 0 Å². The van der Waals surface area contributed by atoms with E-state index in [1.807, 2.05) is 12.3 Å². The lowest BCUT2D eigenvalue weighted by molar-refractivity contribution is 0.737. The Morgan fingerprint density at radius 1 is 1.36 bits per heavy atom. The predicted molar refractivity (Wildman–Crippen MR) is 46.3 cm³/mol. The van der Waals surface area contributed by atoms with Gasteiger partial charge in [-0.05, 0) is 30.7 Å². The highest BCUT2D eigenvalue weighted by atomic mass is 14.9. The van der Waals surface area contributed by atoms with Gasteiger partial charge in [0, 0.05) is 18.4 Å². The van der Waals surface area contributed by atoms with Crippen LogP contribution in [0.15, 0.2) is 24.4 Å². The van der Waals surface area contributed by atoms with E-state index in [1.165, 1.54) is 11.3 Å². The van der Waals surface area contributed by atoms with Gasteiger partial charge in [0.2, 0.25) is 0 Å². The monoisotopic (exact) mass is 148 g/mol. The fraction of sp³-hybridized carbons (Fsp3) is 0.333. The molecule has 1 aromatic rings. The highest BCUT2D eigenvalue weighted by Crippen LogP contribution is 2.16. The van der Waals surface area contributed by atoms with Crippen molar-refractivity contribution in [1.82, 2.24) is 10.3 Å². The molecule has 0 amide bonds. The smallest absolute Gasteiger partial charge is 0.0410 e. The predicted octanol–water partition coefficient (Wildman–Crippen LogP) is 1.39. The van der Waals surface area contributed by atoms with Crippen LogP contribution in [0.3, 0.4) is 0 Å². The van der Waals surface area contributed by atoms with Crippen LogP contribution in [0, 0.1) is 0 Å². The van der Waals surface area contributed by atoms with Crippen LogP contribution in [0.1, 0.15) is 12.1 Å². The number of aromatic amines is 1. The molecule has 0 spiro atoms. The largest absolute Gasteiger partial charge is 0.361 e.